The van der Waals surface area contributed by atoms with Crippen LogP contribution in [-0.2, 0) is 6.61 Å². The number of rotatable bonds is 4. The molecule has 2 rings (SSSR count). The van der Waals surface area contributed by atoms with E-state index in [1.807, 2.05) is 37.4 Å². The molecule has 1 aromatic carbocycles. The van der Waals surface area contributed by atoms with Crippen molar-refractivity contribution in [3.63, 3.8) is 0 Å². The Balaban J connectivity index is 2.01. The van der Waals surface area contributed by atoms with Gasteiger partial charge in [0.2, 0.25) is 0 Å². The van der Waals surface area contributed by atoms with Crippen LogP contribution >= 0.6 is 11.3 Å². The summed E-state index contributed by atoms with van der Waals surface area (Å²) in [6.45, 7) is 2.52. The van der Waals surface area contributed by atoms with E-state index in [-0.39, 0.29) is 6.04 Å². The Bertz CT molecular complexity index is 440. The van der Waals surface area contributed by atoms with Gasteiger partial charge in [-0.15, -0.1) is 11.3 Å². The van der Waals surface area contributed by atoms with Gasteiger partial charge in [0.25, 0.3) is 0 Å². The van der Waals surface area contributed by atoms with Crippen molar-refractivity contribution in [3.8, 4) is 5.75 Å². The number of ether oxygens (including phenoxy) is 1. The van der Waals surface area contributed by atoms with Gasteiger partial charge < -0.3 is 10.5 Å². The highest BCUT2D eigenvalue weighted by Crippen LogP contribution is 2.19. The maximum atomic E-state index is 5.81. The zero-order valence-corrected chi connectivity index (χ0v) is 9.91. The van der Waals surface area contributed by atoms with Crippen molar-refractivity contribution in [2.45, 2.75) is 19.6 Å². The lowest BCUT2D eigenvalue weighted by Crippen LogP contribution is -2.05. The summed E-state index contributed by atoms with van der Waals surface area (Å²) >= 11 is 1.59. The quantitative estimate of drug-likeness (QED) is 0.884. The van der Waals surface area contributed by atoms with Crippen molar-refractivity contribution < 1.29 is 4.74 Å². The first kappa shape index (κ1) is 11.1. The molecule has 0 amide bonds. The van der Waals surface area contributed by atoms with Crippen molar-refractivity contribution in [1.82, 2.24) is 4.98 Å². The minimum atomic E-state index is 0.0342. The average molecular weight is 234 g/mol. The summed E-state index contributed by atoms with van der Waals surface area (Å²) < 4.78 is 5.66. The normalized spacial score (nSPS) is 12.4. The van der Waals surface area contributed by atoms with E-state index in [4.69, 9.17) is 10.5 Å². The molecule has 0 spiro atoms. The van der Waals surface area contributed by atoms with E-state index in [9.17, 15) is 0 Å². The molecule has 4 heteroatoms. The third-order valence-corrected chi connectivity index (χ3v) is 3.00. The molecule has 0 bridgehead atoms. The molecule has 16 heavy (non-hydrogen) atoms. The molecular weight excluding hydrogens is 220 g/mol. The Morgan fingerprint density at radius 2 is 2.38 bits per heavy atom. The molecule has 84 valence electrons. The van der Waals surface area contributed by atoms with Gasteiger partial charge in [0.05, 0.1) is 10.4 Å². The average Bonchev–Trinajstić information content (AvgIpc) is 2.79. The van der Waals surface area contributed by atoms with Gasteiger partial charge in [0, 0.05) is 12.2 Å². The summed E-state index contributed by atoms with van der Waals surface area (Å²) in [6, 6.07) is 7.91. The third kappa shape index (κ3) is 2.81. The number of hydrogen-bond acceptors (Lipinski definition) is 4. The molecule has 0 saturated carbocycles. The Labute approximate surface area is 98.9 Å². The van der Waals surface area contributed by atoms with Crippen molar-refractivity contribution in [2.24, 2.45) is 5.73 Å². The summed E-state index contributed by atoms with van der Waals surface area (Å²) in [5.74, 6) is 0.850. The van der Waals surface area contributed by atoms with Crippen LogP contribution in [0.5, 0.6) is 5.75 Å². The van der Waals surface area contributed by atoms with Crippen LogP contribution in [0.25, 0.3) is 0 Å². The van der Waals surface area contributed by atoms with Crippen LogP contribution in [0.3, 0.4) is 0 Å². The molecule has 1 aromatic heterocycles. The summed E-state index contributed by atoms with van der Waals surface area (Å²) in [5, 5.41) is 0. The largest absolute Gasteiger partial charge is 0.488 e. The smallest absolute Gasteiger partial charge is 0.124 e. The number of hydrogen-bond donors (Lipinski definition) is 1. The van der Waals surface area contributed by atoms with Crippen LogP contribution in [-0.4, -0.2) is 4.98 Å². The number of nitrogens with two attached hydrogens (primary N) is 1. The first-order valence-corrected chi connectivity index (χ1v) is 5.99. The van der Waals surface area contributed by atoms with Crippen molar-refractivity contribution >= 4 is 11.3 Å². The third-order valence-electron chi connectivity index (χ3n) is 2.25. The predicted molar refractivity (Wildman–Crippen MR) is 65.5 cm³/mol. The second kappa shape index (κ2) is 5.09. The second-order valence-corrected chi connectivity index (χ2v) is 4.59. The van der Waals surface area contributed by atoms with Gasteiger partial charge in [0.15, 0.2) is 0 Å². The highest BCUT2D eigenvalue weighted by atomic mass is 32.1. The zero-order valence-electron chi connectivity index (χ0n) is 9.09. The fraction of sp³-hybridized carbons (Fsp3) is 0.250. The summed E-state index contributed by atoms with van der Waals surface area (Å²) in [4.78, 5) is 5.12. The lowest BCUT2D eigenvalue weighted by molar-refractivity contribution is 0.309. The van der Waals surface area contributed by atoms with E-state index in [2.05, 4.69) is 4.98 Å². The summed E-state index contributed by atoms with van der Waals surface area (Å²) in [6.07, 6.45) is 1.82. The molecule has 1 heterocycles. The van der Waals surface area contributed by atoms with E-state index < -0.39 is 0 Å². The van der Waals surface area contributed by atoms with E-state index >= 15 is 0 Å². The van der Waals surface area contributed by atoms with Crippen molar-refractivity contribution in [2.75, 3.05) is 0 Å². The molecule has 0 saturated heterocycles. The van der Waals surface area contributed by atoms with E-state index in [0.717, 1.165) is 16.2 Å². The van der Waals surface area contributed by atoms with Gasteiger partial charge in [-0.05, 0) is 24.6 Å². The Hall–Kier alpha value is -1.39. The second-order valence-electron chi connectivity index (χ2n) is 3.62. The van der Waals surface area contributed by atoms with E-state index in [1.54, 1.807) is 16.8 Å². The minimum Gasteiger partial charge on any atom is -0.488 e. The molecule has 0 aliphatic rings. The van der Waals surface area contributed by atoms with Gasteiger partial charge in [-0.3, -0.25) is 4.98 Å². The van der Waals surface area contributed by atoms with Gasteiger partial charge in [-0.2, -0.15) is 0 Å². The maximum absolute atomic E-state index is 5.81. The number of thiazole rings is 1. The predicted octanol–water partition coefficient (Wildman–Crippen LogP) is 2.74. The minimum absolute atomic E-state index is 0.0342. The first-order chi connectivity index (χ1) is 7.75. The molecular formula is C12H14N2OS. The van der Waals surface area contributed by atoms with Gasteiger partial charge in [-0.25, -0.2) is 0 Å². The number of nitrogens with zero attached hydrogens (tertiary/aromatic N) is 1. The van der Waals surface area contributed by atoms with Gasteiger partial charge in [-0.1, -0.05) is 12.1 Å². The monoisotopic (exact) mass is 234 g/mol. The van der Waals surface area contributed by atoms with Crippen LogP contribution in [0.1, 0.15) is 23.4 Å². The van der Waals surface area contributed by atoms with E-state index in [0.29, 0.717) is 6.61 Å². The standard InChI is InChI=1S/C12H14N2OS/c1-9(13)10-3-2-4-11(5-10)15-7-12-6-14-8-16-12/h2-6,8-9H,7,13H2,1H3/t9-/m0/s1. The molecule has 0 unspecified atom stereocenters. The summed E-state index contributed by atoms with van der Waals surface area (Å²) in [5.41, 5.74) is 8.70. The molecule has 2 aromatic rings. The molecule has 0 aliphatic carbocycles. The number of benzene rings is 1. The zero-order chi connectivity index (χ0) is 11.4. The molecule has 0 aliphatic heterocycles. The summed E-state index contributed by atoms with van der Waals surface area (Å²) in [7, 11) is 0. The highest BCUT2D eigenvalue weighted by Gasteiger charge is 2.02. The molecule has 3 nitrogen and oxygen atoms in total. The molecule has 0 radical (unpaired) electrons. The van der Waals surface area contributed by atoms with Crippen LogP contribution in [0.15, 0.2) is 36.0 Å². The Kier molecular flexibility index (Phi) is 3.54. The Morgan fingerprint density at radius 3 is 3.06 bits per heavy atom. The highest BCUT2D eigenvalue weighted by molar-refractivity contribution is 7.09. The molecule has 2 N–H and O–H groups in total. The maximum Gasteiger partial charge on any atom is 0.124 e. The van der Waals surface area contributed by atoms with Gasteiger partial charge in [0.1, 0.15) is 12.4 Å². The van der Waals surface area contributed by atoms with Crippen molar-refractivity contribution in [3.05, 3.63) is 46.4 Å². The topological polar surface area (TPSA) is 48.1 Å². The first-order valence-electron chi connectivity index (χ1n) is 5.11. The lowest BCUT2D eigenvalue weighted by atomic mass is 10.1. The van der Waals surface area contributed by atoms with Crippen LogP contribution < -0.4 is 10.5 Å². The van der Waals surface area contributed by atoms with Crippen molar-refractivity contribution in [1.29, 1.82) is 0 Å². The fourth-order valence-corrected chi connectivity index (χ4v) is 1.86. The van der Waals surface area contributed by atoms with Gasteiger partial charge >= 0.3 is 0 Å². The van der Waals surface area contributed by atoms with Crippen LogP contribution in [0, 0.1) is 0 Å². The molecule has 0 fully saturated rings. The lowest BCUT2D eigenvalue weighted by Gasteiger charge is -2.09. The Morgan fingerprint density at radius 1 is 1.50 bits per heavy atom. The fourth-order valence-electron chi connectivity index (χ4n) is 1.36. The van der Waals surface area contributed by atoms with E-state index in [1.165, 1.54) is 0 Å². The van der Waals surface area contributed by atoms with Crippen LogP contribution in [0.2, 0.25) is 0 Å². The molecule has 1 atom stereocenters. The van der Waals surface area contributed by atoms with Crippen LogP contribution in [0.4, 0.5) is 0 Å². The SMILES string of the molecule is C[C@H](N)c1cccc(OCc2cncs2)c1. The number of aromatic nitrogens is 1.